The standard InChI is InChI=1S/C35H32O10/c1-20-15-24(42-3)17-26-25(20)10-11-27(37)31(26)33(39)44-28-16-22-12-14-35(29(38)18-36)30(45-35)5-4-13-34(22,40)32(28)43-19-21-6-8-23(41-2)9-7-21/h6-11,15-17,28-30,32,36-38,40H,13,18-19H2,1-3H3/t28-,29-,30-,32+,34+,35-/m1/s1. The number of epoxide rings is 1. The number of ether oxygens (including phenoxy) is 5. The molecule has 1 saturated heterocycles. The molecule has 45 heavy (non-hydrogen) atoms. The number of carbonyl (C=O) groups is 1. The van der Waals surface area contributed by atoms with Gasteiger partial charge >= 0.3 is 5.97 Å². The van der Waals surface area contributed by atoms with Crippen molar-refractivity contribution < 1.29 is 48.9 Å². The van der Waals surface area contributed by atoms with Crippen LogP contribution in [0.1, 0.15) is 27.9 Å². The van der Waals surface area contributed by atoms with Gasteiger partial charge in [-0.1, -0.05) is 41.9 Å². The summed E-state index contributed by atoms with van der Waals surface area (Å²) < 4.78 is 28.4. The van der Waals surface area contributed by atoms with E-state index in [9.17, 15) is 25.2 Å². The van der Waals surface area contributed by atoms with Gasteiger partial charge < -0.3 is 44.1 Å². The molecule has 1 heterocycles. The molecule has 0 saturated carbocycles. The van der Waals surface area contributed by atoms with E-state index in [1.54, 1.807) is 31.4 Å². The molecule has 6 rings (SSSR count). The lowest BCUT2D eigenvalue weighted by molar-refractivity contribution is -0.119. The number of aryl methyl sites for hydroxylation is 1. The molecule has 1 fully saturated rings. The van der Waals surface area contributed by atoms with Crippen LogP contribution in [0, 0.1) is 30.6 Å². The fraction of sp³-hybridized carbons (Fsp3) is 0.343. The summed E-state index contributed by atoms with van der Waals surface area (Å²) in [5.41, 5.74) is -1.52. The number of aliphatic hydroxyl groups is 3. The van der Waals surface area contributed by atoms with Crippen LogP contribution < -0.4 is 9.47 Å². The van der Waals surface area contributed by atoms with Crippen molar-refractivity contribution in [2.75, 3.05) is 20.8 Å². The highest BCUT2D eigenvalue weighted by Crippen LogP contribution is 2.43. The van der Waals surface area contributed by atoms with Gasteiger partial charge in [0.2, 0.25) is 0 Å². The number of hydrogen-bond donors (Lipinski definition) is 4. The summed E-state index contributed by atoms with van der Waals surface area (Å²) in [4.78, 5) is 13.8. The van der Waals surface area contributed by atoms with Gasteiger partial charge in [0.05, 0.1) is 27.4 Å². The smallest absolute Gasteiger partial charge is 0.343 e. The van der Waals surface area contributed by atoms with Crippen molar-refractivity contribution in [2.24, 2.45) is 0 Å². The number of hydrogen-bond acceptors (Lipinski definition) is 10. The molecule has 0 unspecified atom stereocenters. The van der Waals surface area contributed by atoms with E-state index in [0.29, 0.717) is 16.9 Å². The Kier molecular flexibility index (Phi) is 7.96. The van der Waals surface area contributed by atoms with Crippen molar-refractivity contribution in [1.82, 2.24) is 0 Å². The number of carbonyl (C=O) groups excluding carboxylic acids is 1. The predicted octanol–water partition coefficient (Wildman–Crippen LogP) is 2.55. The number of fused-ring (bicyclic) bond motifs is 3. The molecule has 3 aromatic carbocycles. The Hall–Kier alpha value is -4.55. The average molecular weight is 613 g/mol. The summed E-state index contributed by atoms with van der Waals surface area (Å²) in [6, 6.07) is 13.8. The second-order valence-electron chi connectivity index (χ2n) is 11.2. The molecule has 0 aromatic heterocycles. The van der Waals surface area contributed by atoms with Crippen LogP contribution in [0.2, 0.25) is 0 Å². The Morgan fingerprint density at radius 3 is 2.56 bits per heavy atom. The third-order valence-corrected chi connectivity index (χ3v) is 8.43. The number of benzene rings is 3. The molecular formula is C35H32O10. The Labute approximate surface area is 259 Å². The maximum Gasteiger partial charge on any atom is 0.343 e. The molecule has 4 N–H and O–H groups in total. The quantitative estimate of drug-likeness (QED) is 0.162. The molecule has 0 amide bonds. The summed E-state index contributed by atoms with van der Waals surface area (Å²) in [5, 5.41) is 44.1. The summed E-state index contributed by atoms with van der Waals surface area (Å²) in [7, 11) is 3.07. The van der Waals surface area contributed by atoms with Gasteiger partial charge in [-0.25, -0.2) is 4.79 Å². The zero-order valence-electron chi connectivity index (χ0n) is 24.9. The third kappa shape index (κ3) is 5.38. The van der Waals surface area contributed by atoms with E-state index in [2.05, 4.69) is 23.7 Å². The van der Waals surface area contributed by atoms with E-state index in [4.69, 9.17) is 23.7 Å². The molecule has 0 bridgehead atoms. The van der Waals surface area contributed by atoms with Crippen LogP contribution in [0.4, 0.5) is 0 Å². The van der Waals surface area contributed by atoms with E-state index in [1.807, 2.05) is 25.1 Å². The minimum absolute atomic E-state index is 0.0435. The molecule has 10 heteroatoms. The predicted molar refractivity (Wildman–Crippen MR) is 162 cm³/mol. The van der Waals surface area contributed by atoms with E-state index in [-0.39, 0.29) is 29.9 Å². The van der Waals surface area contributed by atoms with Crippen molar-refractivity contribution in [1.29, 1.82) is 0 Å². The third-order valence-electron chi connectivity index (χ3n) is 8.43. The lowest BCUT2D eigenvalue weighted by atomic mass is 9.89. The van der Waals surface area contributed by atoms with Gasteiger partial charge in [0.15, 0.2) is 17.8 Å². The van der Waals surface area contributed by atoms with Gasteiger partial charge in [0.1, 0.15) is 40.6 Å². The molecule has 3 aliphatic rings. The van der Waals surface area contributed by atoms with Crippen molar-refractivity contribution in [3.63, 3.8) is 0 Å². The first-order valence-corrected chi connectivity index (χ1v) is 14.3. The second-order valence-corrected chi connectivity index (χ2v) is 11.2. The zero-order chi connectivity index (χ0) is 31.9. The monoisotopic (exact) mass is 612 g/mol. The van der Waals surface area contributed by atoms with Crippen LogP contribution in [0.15, 0.2) is 60.2 Å². The molecule has 3 aromatic rings. The Morgan fingerprint density at radius 2 is 1.84 bits per heavy atom. The largest absolute Gasteiger partial charge is 0.507 e. The lowest BCUT2D eigenvalue weighted by Crippen LogP contribution is -2.47. The fourth-order valence-electron chi connectivity index (χ4n) is 5.80. The van der Waals surface area contributed by atoms with Crippen molar-refractivity contribution in [3.05, 3.63) is 76.9 Å². The highest BCUT2D eigenvalue weighted by molar-refractivity contribution is 6.08. The van der Waals surface area contributed by atoms with Gasteiger partial charge in [-0.3, -0.25) is 0 Å². The Morgan fingerprint density at radius 1 is 1.09 bits per heavy atom. The van der Waals surface area contributed by atoms with Crippen molar-refractivity contribution in [2.45, 2.75) is 55.6 Å². The average Bonchev–Trinajstić information content (AvgIpc) is 3.67. The van der Waals surface area contributed by atoms with Crippen LogP contribution in [0.3, 0.4) is 0 Å². The van der Waals surface area contributed by atoms with E-state index < -0.39 is 48.2 Å². The first-order valence-electron chi connectivity index (χ1n) is 14.3. The number of methoxy groups -OCH3 is 2. The van der Waals surface area contributed by atoms with E-state index in [0.717, 1.165) is 16.5 Å². The molecule has 1 aliphatic heterocycles. The number of esters is 1. The molecule has 10 nitrogen and oxygen atoms in total. The number of phenols is 1. The molecule has 6 atom stereocenters. The van der Waals surface area contributed by atoms with Gasteiger partial charge in [-0.05, 0) is 59.8 Å². The van der Waals surface area contributed by atoms with Gasteiger partial charge in [-0.15, -0.1) is 0 Å². The first-order chi connectivity index (χ1) is 21.6. The molecule has 2 aliphatic carbocycles. The van der Waals surface area contributed by atoms with Gasteiger partial charge in [0.25, 0.3) is 0 Å². The Bertz CT molecular complexity index is 1810. The molecule has 232 valence electrons. The topological polar surface area (TPSA) is 147 Å². The van der Waals surface area contributed by atoms with Crippen molar-refractivity contribution in [3.8, 4) is 40.9 Å². The first kappa shape index (κ1) is 30.5. The minimum Gasteiger partial charge on any atom is -0.507 e. The minimum atomic E-state index is -1.81. The summed E-state index contributed by atoms with van der Waals surface area (Å²) >= 11 is 0. The van der Waals surface area contributed by atoms with Crippen LogP contribution in [-0.2, 0) is 20.8 Å². The van der Waals surface area contributed by atoms with Crippen LogP contribution >= 0.6 is 0 Å². The SMILES string of the molecule is COc1ccc(CO[C@H]2[C@H](OC(=O)c3c(O)ccc4c(C)cc(OC)cc34)C=C3C#C[C@]4([C@H](O)CO)O[C@@H]4C#CC[C@]32O)cc1. The summed E-state index contributed by atoms with van der Waals surface area (Å²) in [6.45, 7) is 1.31. The van der Waals surface area contributed by atoms with Gasteiger partial charge in [-0.2, -0.15) is 0 Å². The Balaban J connectivity index is 1.38. The lowest BCUT2D eigenvalue weighted by Gasteiger charge is -2.32. The molecular weight excluding hydrogens is 580 g/mol. The normalized spacial score (nSPS) is 26.7. The van der Waals surface area contributed by atoms with Gasteiger partial charge in [0, 0.05) is 17.4 Å². The van der Waals surface area contributed by atoms with E-state index >= 15 is 0 Å². The second kappa shape index (κ2) is 11.8. The van der Waals surface area contributed by atoms with E-state index in [1.165, 1.54) is 19.3 Å². The number of aliphatic hydroxyl groups excluding tert-OH is 2. The highest BCUT2D eigenvalue weighted by atomic mass is 16.6. The number of aromatic hydroxyl groups is 1. The fourth-order valence-corrected chi connectivity index (χ4v) is 5.80. The van der Waals surface area contributed by atoms with Crippen LogP contribution in [-0.4, -0.2) is 82.8 Å². The summed E-state index contributed by atoms with van der Waals surface area (Å²) in [5.74, 6) is 11.5. The molecule has 0 radical (unpaired) electrons. The van der Waals surface area contributed by atoms with Crippen LogP contribution in [0.25, 0.3) is 10.8 Å². The zero-order valence-corrected chi connectivity index (χ0v) is 24.9. The highest BCUT2D eigenvalue weighted by Gasteiger charge is 2.61. The molecule has 0 spiro atoms. The van der Waals surface area contributed by atoms with Crippen LogP contribution in [0.5, 0.6) is 17.2 Å². The number of phenolic OH excluding ortho intramolecular Hbond substituents is 1. The number of rotatable bonds is 9. The van der Waals surface area contributed by atoms with Crippen molar-refractivity contribution >= 4 is 16.7 Å². The summed E-state index contributed by atoms with van der Waals surface area (Å²) in [6.07, 6.45) is -3.01. The maximum atomic E-state index is 13.8. The maximum absolute atomic E-state index is 13.8.